The molecule has 0 atom stereocenters. The molecule has 0 aromatic heterocycles. The monoisotopic (exact) mass is 160 g/mol. The summed E-state index contributed by atoms with van der Waals surface area (Å²) in [7, 11) is 0. The highest BCUT2D eigenvalue weighted by Crippen LogP contribution is 2.11. The van der Waals surface area contributed by atoms with Crippen LogP contribution in [0.4, 0.5) is 4.79 Å². The number of urea groups is 1. The Kier molecular flexibility index (Phi) is 3.32. The minimum Gasteiger partial charge on any atom is -0.395 e. The molecule has 0 fully saturated rings. The largest absolute Gasteiger partial charge is 0.395 e. The van der Waals surface area contributed by atoms with Gasteiger partial charge in [-0.25, -0.2) is 4.79 Å². The molecule has 11 heavy (non-hydrogen) atoms. The molecule has 2 amide bonds. The van der Waals surface area contributed by atoms with E-state index in [2.05, 4.69) is 0 Å². The number of amides is 2. The van der Waals surface area contributed by atoms with Crippen molar-refractivity contribution in [2.75, 3.05) is 13.2 Å². The zero-order valence-electron chi connectivity index (χ0n) is 7.29. The predicted molar refractivity (Wildman–Crippen MR) is 43.1 cm³/mol. The van der Waals surface area contributed by atoms with Gasteiger partial charge in [0.1, 0.15) is 0 Å². The van der Waals surface area contributed by atoms with Gasteiger partial charge in [0.15, 0.2) is 0 Å². The Labute approximate surface area is 67.0 Å². The van der Waals surface area contributed by atoms with Crippen LogP contribution >= 0.6 is 0 Å². The average molecular weight is 160 g/mol. The lowest BCUT2D eigenvalue weighted by atomic mass is 10.1. The second-order valence-corrected chi connectivity index (χ2v) is 3.38. The number of aliphatic hydroxyl groups is 1. The Morgan fingerprint density at radius 3 is 2.09 bits per heavy atom. The maximum Gasteiger partial charge on any atom is 0.315 e. The van der Waals surface area contributed by atoms with Gasteiger partial charge >= 0.3 is 6.03 Å². The topological polar surface area (TPSA) is 66.6 Å². The van der Waals surface area contributed by atoms with Crippen LogP contribution in [0.1, 0.15) is 20.8 Å². The Morgan fingerprint density at radius 1 is 1.55 bits per heavy atom. The molecule has 4 nitrogen and oxygen atoms in total. The standard InChI is InChI=1S/C7H16N2O2/c1-7(2,3)9(4-5-10)6(8)11/h10H,4-5H2,1-3H3,(H2,8,11). The van der Waals surface area contributed by atoms with Gasteiger partial charge in [-0.2, -0.15) is 0 Å². The Bertz CT molecular complexity index is 140. The highest BCUT2D eigenvalue weighted by atomic mass is 16.3. The van der Waals surface area contributed by atoms with Crippen LogP contribution in [-0.4, -0.2) is 34.7 Å². The lowest BCUT2D eigenvalue weighted by Crippen LogP contribution is -2.49. The second-order valence-electron chi connectivity index (χ2n) is 3.38. The number of aliphatic hydroxyl groups excluding tert-OH is 1. The van der Waals surface area contributed by atoms with Crippen molar-refractivity contribution in [2.24, 2.45) is 5.73 Å². The van der Waals surface area contributed by atoms with E-state index < -0.39 is 6.03 Å². The van der Waals surface area contributed by atoms with E-state index in [9.17, 15) is 4.79 Å². The fourth-order valence-corrected chi connectivity index (χ4v) is 0.876. The molecule has 0 aromatic carbocycles. The second kappa shape index (κ2) is 3.57. The van der Waals surface area contributed by atoms with Crippen LogP contribution < -0.4 is 5.73 Å². The molecule has 0 aliphatic rings. The van der Waals surface area contributed by atoms with E-state index in [-0.39, 0.29) is 12.1 Å². The van der Waals surface area contributed by atoms with Gasteiger partial charge in [-0.05, 0) is 20.8 Å². The van der Waals surface area contributed by atoms with Crippen LogP contribution in [0.2, 0.25) is 0 Å². The number of hydrogen-bond donors (Lipinski definition) is 2. The molecule has 0 unspecified atom stereocenters. The fraction of sp³-hybridized carbons (Fsp3) is 0.857. The smallest absolute Gasteiger partial charge is 0.315 e. The number of primary amides is 1. The highest BCUT2D eigenvalue weighted by molar-refractivity contribution is 5.72. The number of carbonyl (C=O) groups excluding carboxylic acids is 1. The van der Waals surface area contributed by atoms with Crippen molar-refractivity contribution in [1.82, 2.24) is 4.90 Å². The third kappa shape index (κ3) is 3.23. The number of nitrogens with zero attached hydrogens (tertiary/aromatic N) is 1. The number of nitrogens with two attached hydrogens (primary N) is 1. The van der Waals surface area contributed by atoms with Gasteiger partial charge in [0.2, 0.25) is 0 Å². The van der Waals surface area contributed by atoms with Gasteiger partial charge in [-0.3, -0.25) is 0 Å². The van der Waals surface area contributed by atoms with E-state index in [1.807, 2.05) is 20.8 Å². The summed E-state index contributed by atoms with van der Waals surface area (Å²) in [6, 6.07) is -0.494. The maximum atomic E-state index is 10.8. The zero-order chi connectivity index (χ0) is 9.07. The summed E-state index contributed by atoms with van der Waals surface area (Å²) < 4.78 is 0. The Morgan fingerprint density at radius 2 is 2.00 bits per heavy atom. The van der Waals surface area contributed by atoms with Crippen molar-refractivity contribution in [1.29, 1.82) is 0 Å². The summed E-state index contributed by atoms with van der Waals surface area (Å²) in [5, 5.41) is 8.60. The van der Waals surface area contributed by atoms with E-state index in [1.54, 1.807) is 0 Å². The van der Waals surface area contributed by atoms with Crippen LogP contribution in [0.5, 0.6) is 0 Å². The highest BCUT2D eigenvalue weighted by Gasteiger charge is 2.23. The number of rotatable bonds is 2. The first-order valence-corrected chi connectivity index (χ1v) is 3.57. The van der Waals surface area contributed by atoms with E-state index in [0.717, 1.165) is 0 Å². The molecule has 0 saturated heterocycles. The average Bonchev–Trinajstić information content (AvgIpc) is 1.79. The van der Waals surface area contributed by atoms with Crippen LogP contribution in [0.25, 0.3) is 0 Å². The lowest BCUT2D eigenvalue weighted by molar-refractivity contribution is 0.130. The van der Waals surface area contributed by atoms with Crippen LogP contribution in [0, 0.1) is 0 Å². The van der Waals surface area contributed by atoms with Crippen molar-refractivity contribution in [2.45, 2.75) is 26.3 Å². The minimum atomic E-state index is -0.494. The normalized spacial score (nSPS) is 11.3. The summed E-state index contributed by atoms with van der Waals surface area (Å²) in [6.45, 7) is 5.84. The van der Waals surface area contributed by atoms with Crippen molar-refractivity contribution < 1.29 is 9.90 Å². The third-order valence-corrected chi connectivity index (χ3v) is 1.40. The van der Waals surface area contributed by atoms with Gasteiger partial charge in [-0.15, -0.1) is 0 Å². The predicted octanol–water partition coefficient (Wildman–Crippen LogP) is 0.158. The first-order valence-electron chi connectivity index (χ1n) is 3.57. The van der Waals surface area contributed by atoms with Gasteiger partial charge in [-0.1, -0.05) is 0 Å². The molecule has 0 aromatic rings. The SMILES string of the molecule is CC(C)(C)N(CCO)C(N)=O. The number of carbonyl (C=O) groups is 1. The molecule has 4 heteroatoms. The third-order valence-electron chi connectivity index (χ3n) is 1.40. The van der Waals surface area contributed by atoms with Gasteiger partial charge < -0.3 is 15.7 Å². The number of β-amino-alcohol motifs (C(OH)–C–C–N with tert-alkyl or cyclic N) is 1. The lowest BCUT2D eigenvalue weighted by Gasteiger charge is -2.33. The molecular weight excluding hydrogens is 144 g/mol. The minimum absolute atomic E-state index is 0.0553. The van der Waals surface area contributed by atoms with E-state index in [1.165, 1.54) is 4.90 Å². The summed E-state index contributed by atoms with van der Waals surface area (Å²) in [4.78, 5) is 12.2. The van der Waals surface area contributed by atoms with Crippen LogP contribution in [-0.2, 0) is 0 Å². The zero-order valence-corrected chi connectivity index (χ0v) is 7.29. The first kappa shape index (κ1) is 10.2. The molecule has 0 rings (SSSR count). The first-order chi connectivity index (χ1) is 4.89. The van der Waals surface area contributed by atoms with E-state index in [0.29, 0.717) is 6.54 Å². The molecule has 0 saturated carbocycles. The van der Waals surface area contributed by atoms with Gasteiger partial charge in [0.25, 0.3) is 0 Å². The van der Waals surface area contributed by atoms with Gasteiger partial charge in [0.05, 0.1) is 6.61 Å². The summed E-state index contributed by atoms with van der Waals surface area (Å²) >= 11 is 0. The summed E-state index contributed by atoms with van der Waals surface area (Å²) in [5.41, 5.74) is 4.77. The molecular formula is C7H16N2O2. The van der Waals surface area contributed by atoms with Crippen molar-refractivity contribution in [3.63, 3.8) is 0 Å². The Hall–Kier alpha value is -0.770. The van der Waals surface area contributed by atoms with Crippen molar-refractivity contribution in [3.8, 4) is 0 Å². The van der Waals surface area contributed by atoms with E-state index in [4.69, 9.17) is 10.8 Å². The van der Waals surface area contributed by atoms with Gasteiger partial charge in [0, 0.05) is 12.1 Å². The van der Waals surface area contributed by atoms with E-state index >= 15 is 0 Å². The molecule has 0 radical (unpaired) electrons. The molecule has 3 N–H and O–H groups in total. The van der Waals surface area contributed by atoms with Crippen molar-refractivity contribution >= 4 is 6.03 Å². The van der Waals surface area contributed by atoms with Crippen LogP contribution in [0.3, 0.4) is 0 Å². The molecule has 0 spiro atoms. The Balaban J connectivity index is 4.22. The molecule has 0 aliphatic carbocycles. The molecule has 0 heterocycles. The molecule has 66 valence electrons. The number of hydrogen-bond acceptors (Lipinski definition) is 2. The summed E-state index contributed by atoms with van der Waals surface area (Å²) in [6.07, 6.45) is 0. The van der Waals surface area contributed by atoms with Crippen molar-refractivity contribution in [3.05, 3.63) is 0 Å². The quantitative estimate of drug-likeness (QED) is 0.604. The fourth-order valence-electron chi connectivity index (χ4n) is 0.876. The summed E-state index contributed by atoms with van der Waals surface area (Å²) in [5.74, 6) is 0. The molecule has 0 bridgehead atoms. The van der Waals surface area contributed by atoms with Crippen LogP contribution in [0.15, 0.2) is 0 Å². The molecule has 0 aliphatic heterocycles. The maximum absolute atomic E-state index is 10.8.